The van der Waals surface area contributed by atoms with Crippen LogP contribution in [-0.4, -0.2) is 6.41 Å². The molecule has 1 aromatic rings. The van der Waals surface area contributed by atoms with E-state index in [1.807, 2.05) is 26.0 Å². The normalized spacial score (nSPS) is 7.92. The summed E-state index contributed by atoms with van der Waals surface area (Å²) in [4.78, 5) is 10.1. The molecule has 0 bridgehead atoms. The first-order valence-electron chi connectivity index (χ1n) is 4.14. The number of hydrogen-bond donors (Lipinski definition) is 3. The van der Waals surface area contributed by atoms with Crippen LogP contribution < -0.4 is 16.6 Å². The molecule has 0 aliphatic carbocycles. The molecular formula is C9H15N3O. The predicted octanol–water partition coefficient (Wildman–Crippen LogP) is 1.57. The summed E-state index contributed by atoms with van der Waals surface area (Å²) in [6, 6.07) is 7.16. The Kier molecular flexibility index (Phi) is 6.27. The van der Waals surface area contributed by atoms with Crippen LogP contribution >= 0.6 is 0 Å². The molecule has 0 radical (unpaired) electrons. The lowest BCUT2D eigenvalue weighted by molar-refractivity contribution is -0.105. The topological polar surface area (TPSA) is 67.2 Å². The number of carbonyl (C=O) groups excluding carboxylic acids is 1. The van der Waals surface area contributed by atoms with Gasteiger partial charge in [0.1, 0.15) is 0 Å². The Hall–Kier alpha value is -1.55. The van der Waals surface area contributed by atoms with Gasteiger partial charge in [0.15, 0.2) is 0 Å². The van der Waals surface area contributed by atoms with Gasteiger partial charge in [0.2, 0.25) is 6.41 Å². The average molecular weight is 181 g/mol. The summed E-state index contributed by atoms with van der Waals surface area (Å²) in [6.07, 6.45) is 0.607. The van der Waals surface area contributed by atoms with Crippen LogP contribution in [0.3, 0.4) is 0 Å². The summed E-state index contributed by atoms with van der Waals surface area (Å²) in [7, 11) is 0. The number of rotatable bonds is 3. The fourth-order valence-corrected chi connectivity index (χ4v) is 0.798. The first-order valence-corrected chi connectivity index (χ1v) is 4.14. The van der Waals surface area contributed by atoms with Gasteiger partial charge >= 0.3 is 0 Å². The lowest BCUT2D eigenvalue weighted by Gasteiger charge is -2.05. The monoisotopic (exact) mass is 181 g/mol. The minimum atomic E-state index is 0.607. The number of para-hydroxylation sites is 2. The van der Waals surface area contributed by atoms with Crippen LogP contribution in [0.15, 0.2) is 24.3 Å². The maximum Gasteiger partial charge on any atom is 0.211 e. The molecule has 72 valence electrons. The zero-order chi connectivity index (χ0) is 10.1. The van der Waals surface area contributed by atoms with Crippen molar-refractivity contribution < 1.29 is 4.79 Å². The molecule has 1 rings (SSSR count). The van der Waals surface area contributed by atoms with Crippen molar-refractivity contribution in [2.75, 3.05) is 10.7 Å². The molecule has 0 saturated heterocycles. The summed E-state index contributed by atoms with van der Waals surface area (Å²) in [5.41, 5.74) is 3.82. The molecule has 0 fully saturated rings. The molecule has 13 heavy (non-hydrogen) atoms. The molecule has 0 saturated carbocycles. The molecule has 0 spiro atoms. The van der Waals surface area contributed by atoms with Crippen molar-refractivity contribution in [2.24, 2.45) is 5.84 Å². The number of nitrogens with one attached hydrogen (secondary N) is 2. The van der Waals surface area contributed by atoms with Crippen LogP contribution in [0.5, 0.6) is 0 Å². The molecule has 0 aromatic heterocycles. The Morgan fingerprint density at radius 3 is 2.23 bits per heavy atom. The second-order valence-electron chi connectivity index (χ2n) is 1.95. The van der Waals surface area contributed by atoms with Crippen LogP contribution in [0.1, 0.15) is 13.8 Å². The SMILES string of the molecule is CC.NNc1ccccc1NC=O. The van der Waals surface area contributed by atoms with E-state index in [4.69, 9.17) is 5.84 Å². The molecule has 0 aliphatic heterocycles. The third kappa shape index (κ3) is 3.57. The van der Waals surface area contributed by atoms with Gasteiger partial charge in [-0.3, -0.25) is 10.6 Å². The maximum atomic E-state index is 10.1. The van der Waals surface area contributed by atoms with Gasteiger partial charge in [-0.25, -0.2) is 0 Å². The summed E-state index contributed by atoms with van der Waals surface area (Å²) in [5.74, 6) is 5.17. The minimum Gasteiger partial charge on any atom is -0.327 e. The highest BCUT2D eigenvalue weighted by Gasteiger charge is 1.95. The average Bonchev–Trinajstić information content (AvgIpc) is 2.22. The van der Waals surface area contributed by atoms with Gasteiger partial charge in [0, 0.05) is 0 Å². The minimum absolute atomic E-state index is 0.607. The van der Waals surface area contributed by atoms with Crippen molar-refractivity contribution in [3.8, 4) is 0 Å². The van der Waals surface area contributed by atoms with E-state index in [2.05, 4.69) is 10.7 Å². The molecule has 4 heteroatoms. The van der Waals surface area contributed by atoms with Crippen LogP contribution in [-0.2, 0) is 4.79 Å². The van der Waals surface area contributed by atoms with Gasteiger partial charge in [0.05, 0.1) is 11.4 Å². The van der Waals surface area contributed by atoms with E-state index in [-0.39, 0.29) is 0 Å². The Morgan fingerprint density at radius 2 is 1.77 bits per heavy atom. The molecule has 4 nitrogen and oxygen atoms in total. The van der Waals surface area contributed by atoms with E-state index in [1.54, 1.807) is 12.1 Å². The second-order valence-corrected chi connectivity index (χ2v) is 1.95. The van der Waals surface area contributed by atoms with Crippen molar-refractivity contribution in [3.05, 3.63) is 24.3 Å². The second kappa shape index (κ2) is 7.12. The Labute approximate surface area is 78.1 Å². The smallest absolute Gasteiger partial charge is 0.211 e. The highest BCUT2D eigenvalue weighted by molar-refractivity contribution is 5.80. The van der Waals surface area contributed by atoms with Gasteiger partial charge in [-0.2, -0.15) is 0 Å². The van der Waals surface area contributed by atoms with Crippen LogP contribution in [0.2, 0.25) is 0 Å². The molecule has 1 aromatic carbocycles. The zero-order valence-corrected chi connectivity index (χ0v) is 7.87. The highest BCUT2D eigenvalue weighted by Crippen LogP contribution is 2.18. The number of amides is 1. The van der Waals surface area contributed by atoms with Crippen LogP contribution in [0.25, 0.3) is 0 Å². The van der Waals surface area contributed by atoms with Gasteiger partial charge in [-0.05, 0) is 12.1 Å². The van der Waals surface area contributed by atoms with Crippen molar-refractivity contribution in [1.29, 1.82) is 0 Å². The predicted molar refractivity (Wildman–Crippen MR) is 55.3 cm³/mol. The van der Waals surface area contributed by atoms with Crippen LogP contribution in [0.4, 0.5) is 11.4 Å². The molecule has 0 aliphatic rings. The molecule has 1 amide bonds. The third-order valence-electron chi connectivity index (χ3n) is 1.30. The zero-order valence-electron chi connectivity index (χ0n) is 7.87. The number of nitrogen functional groups attached to an aromatic ring is 1. The van der Waals surface area contributed by atoms with E-state index < -0.39 is 0 Å². The van der Waals surface area contributed by atoms with E-state index in [0.717, 1.165) is 0 Å². The summed E-state index contributed by atoms with van der Waals surface area (Å²) >= 11 is 0. The van der Waals surface area contributed by atoms with Crippen molar-refractivity contribution >= 4 is 17.8 Å². The third-order valence-corrected chi connectivity index (χ3v) is 1.30. The standard InChI is InChI=1S/C7H9N3O.C2H6/c8-10-7-4-2-1-3-6(7)9-5-11;1-2/h1-5,10H,8H2,(H,9,11);1-2H3. The lowest BCUT2D eigenvalue weighted by Crippen LogP contribution is -2.09. The summed E-state index contributed by atoms with van der Waals surface area (Å²) < 4.78 is 0. The van der Waals surface area contributed by atoms with Crippen molar-refractivity contribution in [2.45, 2.75) is 13.8 Å². The number of anilines is 2. The molecule has 0 atom stereocenters. The maximum absolute atomic E-state index is 10.1. The van der Waals surface area contributed by atoms with Crippen molar-refractivity contribution in [1.82, 2.24) is 0 Å². The Balaban J connectivity index is 0.000000671. The van der Waals surface area contributed by atoms with Gasteiger partial charge < -0.3 is 10.7 Å². The van der Waals surface area contributed by atoms with E-state index in [0.29, 0.717) is 17.8 Å². The van der Waals surface area contributed by atoms with Gasteiger partial charge in [-0.15, -0.1) is 0 Å². The number of benzene rings is 1. The molecular weight excluding hydrogens is 166 g/mol. The molecule has 0 unspecified atom stereocenters. The number of hydrogen-bond acceptors (Lipinski definition) is 3. The van der Waals surface area contributed by atoms with Gasteiger partial charge in [-0.1, -0.05) is 26.0 Å². The number of hydrazine groups is 1. The fraction of sp³-hybridized carbons (Fsp3) is 0.222. The largest absolute Gasteiger partial charge is 0.327 e. The quantitative estimate of drug-likeness (QED) is 0.376. The number of nitrogens with two attached hydrogens (primary N) is 1. The van der Waals surface area contributed by atoms with Crippen molar-refractivity contribution in [3.63, 3.8) is 0 Å². The first kappa shape index (κ1) is 11.4. The summed E-state index contributed by atoms with van der Waals surface area (Å²) in [6.45, 7) is 4.00. The van der Waals surface area contributed by atoms with E-state index >= 15 is 0 Å². The highest BCUT2D eigenvalue weighted by atomic mass is 16.1. The molecule has 4 N–H and O–H groups in total. The van der Waals surface area contributed by atoms with Gasteiger partial charge in [0.25, 0.3) is 0 Å². The van der Waals surface area contributed by atoms with E-state index in [9.17, 15) is 4.79 Å². The lowest BCUT2D eigenvalue weighted by atomic mass is 10.3. The Morgan fingerprint density at radius 1 is 1.23 bits per heavy atom. The van der Waals surface area contributed by atoms with E-state index in [1.165, 1.54) is 0 Å². The molecule has 0 heterocycles. The van der Waals surface area contributed by atoms with Crippen LogP contribution in [0, 0.1) is 0 Å². The Bertz CT molecular complexity index is 250. The summed E-state index contributed by atoms with van der Waals surface area (Å²) in [5, 5.41) is 2.50. The fourth-order valence-electron chi connectivity index (χ4n) is 0.798. The number of carbonyl (C=O) groups is 1. The first-order chi connectivity index (χ1) is 6.38.